The number of esters is 3. The maximum Gasteiger partial charge on any atom is 0.306 e. The third-order valence-corrected chi connectivity index (χ3v) is 13.0. The summed E-state index contributed by atoms with van der Waals surface area (Å²) in [5.41, 5.74) is 0. The van der Waals surface area contributed by atoms with E-state index in [9.17, 15) is 14.4 Å². The van der Waals surface area contributed by atoms with Crippen LogP contribution in [0.2, 0.25) is 0 Å². The number of rotatable bonds is 56. The monoisotopic (exact) mass is 1080 g/mol. The molecule has 0 saturated carbocycles. The molecule has 0 amide bonds. The number of unbranched alkanes of at least 4 members (excludes halogenated alkanes) is 21. The minimum absolute atomic E-state index is 0.103. The zero-order valence-electron chi connectivity index (χ0n) is 50.4. The summed E-state index contributed by atoms with van der Waals surface area (Å²) in [5.74, 6) is -0.969. The first kappa shape index (κ1) is 73.3. The van der Waals surface area contributed by atoms with Gasteiger partial charge in [0, 0.05) is 19.3 Å². The molecule has 1 atom stereocenters. The van der Waals surface area contributed by atoms with Crippen LogP contribution in [0, 0.1) is 0 Å². The van der Waals surface area contributed by atoms with E-state index in [1.165, 1.54) is 83.5 Å². The Morgan fingerprint density at radius 2 is 0.513 bits per heavy atom. The molecule has 1 unspecified atom stereocenters. The Bertz CT molecular complexity index is 1710. The SMILES string of the molecule is CC/C=C\C/C=C\C/C=C\C/C=C\C/C=C\C/C=C\C/C=C\C/C=C\C/C=C\C/C=C\CCCCC(=O)OCC(COC(=O)CCCCCCC/C=C\CCCC)OC(=O)CCCCCCC/C=C\CCCCCCCCC. The Morgan fingerprint density at radius 3 is 0.859 bits per heavy atom. The van der Waals surface area contributed by atoms with Gasteiger partial charge in [-0.1, -0.05) is 256 Å². The van der Waals surface area contributed by atoms with Gasteiger partial charge in [0.15, 0.2) is 6.10 Å². The van der Waals surface area contributed by atoms with Crippen molar-refractivity contribution in [3.8, 4) is 0 Å². The molecule has 0 saturated heterocycles. The minimum Gasteiger partial charge on any atom is -0.462 e. The maximum absolute atomic E-state index is 12.9. The van der Waals surface area contributed by atoms with Crippen LogP contribution in [0.3, 0.4) is 0 Å². The lowest BCUT2D eigenvalue weighted by Gasteiger charge is -2.18. The van der Waals surface area contributed by atoms with Crippen LogP contribution in [0.1, 0.15) is 271 Å². The van der Waals surface area contributed by atoms with Gasteiger partial charge in [-0.25, -0.2) is 0 Å². The number of ether oxygens (including phenoxy) is 3. The van der Waals surface area contributed by atoms with Gasteiger partial charge < -0.3 is 14.2 Å². The van der Waals surface area contributed by atoms with E-state index in [4.69, 9.17) is 14.2 Å². The molecule has 0 fully saturated rings. The fraction of sp³-hybridized carbons (Fsp3) is 0.625. The van der Waals surface area contributed by atoms with Crippen LogP contribution in [0.15, 0.2) is 146 Å². The van der Waals surface area contributed by atoms with Crippen LogP contribution in [0.25, 0.3) is 0 Å². The number of hydrogen-bond donors (Lipinski definition) is 0. The van der Waals surface area contributed by atoms with Gasteiger partial charge in [0.1, 0.15) is 13.2 Å². The van der Waals surface area contributed by atoms with Crippen LogP contribution in [0.5, 0.6) is 0 Å². The lowest BCUT2D eigenvalue weighted by Crippen LogP contribution is -2.30. The Hall–Kier alpha value is -4.71. The van der Waals surface area contributed by atoms with E-state index in [0.29, 0.717) is 25.7 Å². The van der Waals surface area contributed by atoms with Crippen molar-refractivity contribution in [1.82, 2.24) is 0 Å². The van der Waals surface area contributed by atoms with Crippen LogP contribution < -0.4 is 0 Å². The molecule has 0 aromatic carbocycles. The maximum atomic E-state index is 12.9. The largest absolute Gasteiger partial charge is 0.462 e. The first-order chi connectivity index (χ1) is 38.5. The van der Waals surface area contributed by atoms with Gasteiger partial charge in [-0.05, 0) is 141 Å². The van der Waals surface area contributed by atoms with E-state index in [1.807, 2.05) is 0 Å². The molecule has 0 radical (unpaired) electrons. The van der Waals surface area contributed by atoms with Crippen molar-refractivity contribution in [1.29, 1.82) is 0 Å². The van der Waals surface area contributed by atoms with E-state index in [2.05, 4.69) is 167 Å². The average Bonchev–Trinajstić information content (AvgIpc) is 3.44. The van der Waals surface area contributed by atoms with Crippen molar-refractivity contribution in [2.24, 2.45) is 0 Å². The topological polar surface area (TPSA) is 78.9 Å². The molecule has 0 aliphatic heterocycles. The van der Waals surface area contributed by atoms with Gasteiger partial charge in [-0.3, -0.25) is 14.4 Å². The van der Waals surface area contributed by atoms with Gasteiger partial charge >= 0.3 is 17.9 Å². The summed E-state index contributed by atoms with van der Waals surface area (Å²) < 4.78 is 16.8. The smallest absolute Gasteiger partial charge is 0.306 e. The summed E-state index contributed by atoms with van der Waals surface area (Å²) in [7, 11) is 0. The highest BCUT2D eigenvalue weighted by Crippen LogP contribution is 2.14. The lowest BCUT2D eigenvalue weighted by atomic mass is 10.1. The summed E-state index contributed by atoms with van der Waals surface area (Å²) in [6.07, 6.45) is 92.9. The highest BCUT2D eigenvalue weighted by atomic mass is 16.6. The highest BCUT2D eigenvalue weighted by molar-refractivity contribution is 5.71. The second-order valence-electron chi connectivity index (χ2n) is 20.6. The molecule has 78 heavy (non-hydrogen) atoms. The Labute approximate surface area is 480 Å². The fourth-order valence-electron chi connectivity index (χ4n) is 8.27. The van der Waals surface area contributed by atoms with Crippen molar-refractivity contribution in [2.45, 2.75) is 277 Å². The molecule has 0 aliphatic rings. The third-order valence-electron chi connectivity index (χ3n) is 13.0. The molecule has 0 aromatic heterocycles. The zero-order valence-corrected chi connectivity index (χ0v) is 50.4. The molecular weight excluding hydrogens is 961 g/mol. The average molecular weight is 1080 g/mol. The van der Waals surface area contributed by atoms with E-state index in [1.54, 1.807) is 0 Å². The molecule has 0 spiro atoms. The standard InChI is InChI=1S/C72H116O6/c1-4-7-10-13-16-19-22-24-26-28-29-30-31-32-33-34-35-36-37-38-39-40-41-42-43-44-46-47-50-53-56-59-62-65-71(74)77-68-69(67-76-70(73)64-61-58-55-52-49-21-18-15-12-9-6-3)78-72(75)66-63-60-57-54-51-48-45-27-25-23-20-17-14-11-8-5-2/h7,10,15-16,18-19,24,26-27,29-30,32-33,35-36,38-39,41-42,44-46,50,53,69H,4-6,8-9,11-14,17,20-23,25,28,31,34,37,40,43,47-49,51-52,54-68H2,1-3H3/b10-7-,18-15-,19-16-,26-24-,30-29-,33-32-,36-35-,39-38-,42-41-,45-27-,46-44-,53-50-. The van der Waals surface area contributed by atoms with Crippen molar-refractivity contribution >= 4 is 17.9 Å². The number of carbonyl (C=O) groups is 3. The first-order valence-electron chi connectivity index (χ1n) is 31.8. The van der Waals surface area contributed by atoms with Crippen LogP contribution in [-0.4, -0.2) is 37.2 Å². The van der Waals surface area contributed by atoms with Crippen LogP contribution in [-0.2, 0) is 28.6 Å². The quantitative estimate of drug-likeness (QED) is 0.0261. The second kappa shape index (κ2) is 64.8. The predicted molar refractivity (Wildman–Crippen MR) is 339 cm³/mol. The second-order valence-corrected chi connectivity index (χ2v) is 20.6. The Morgan fingerprint density at radius 1 is 0.269 bits per heavy atom. The van der Waals surface area contributed by atoms with Crippen LogP contribution in [0.4, 0.5) is 0 Å². The molecule has 440 valence electrons. The van der Waals surface area contributed by atoms with E-state index < -0.39 is 6.10 Å². The number of allylic oxidation sites excluding steroid dienone is 24. The highest BCUT2D eigenvalue weighted by Gasteiger charge is 2.19. The summed E-state index contributed by atoms with van der Waals surface area (Å²) in [6.45, 7) is 6.43. The molecule has 0 heterocycles. The zero-order chi connectivity index (χ0) is 56.4. The summed E-state index contributed by atoms with van der Waals surface area (Å²) >= 11 is 0. The minimum atomic E-state index is -0.809. The molecule has 0 rings (SSSR count). The first-order valence-corrected chi connectivity index (χ1v) is 31.8. The third kappa shape index (κ3) is 62.1. The van der Waals surface area contributed by atoms with Gasteiger partial charge in [0.2, 0.25) is 0 Å². The molecular formula is C72H116O6. The molecule has 0 N–H and O–H groups in total. The van der Waals surface area contributed by atoms with Gasteiger partial charge in [0.25, 0.3) is 0 Å². The van der Waals surface area contributed by atoms with Crippen molar-refractivity contribution in [3.05, 3.63) is 146 Å². The molecule has 6 heteroatoms. The van der Waals surface area contributed by atoms with Gasteiger partial charge in [-0.15, -0.1) is 0 Å². The van der Waals surface area contributed by atoms with Gasteiger partial charge in [-0.2, -0.15) is 0 Å². The van der Waals surface area contributed by atoms with Gasteiger partial charge in [0.05, 0.1) is 0 Å². The summed E-state index contributed by atoms with van der Waals surface area (Å²) in [6, 6.07) is 0. The molecule has 0 aromatic rings. The van der Waals surface area contributed by atoms with Crippen molar-refractivity contribution < 1.29 is 28.6 Å². The van der Waals surface area contributed by atoms with Crippen molar-refractivity contribution in [2.75, 3.05) is 13.2 Å². The van der Waals surface area contributed by atoms with E-state index >= 15 is 0 Å². The van der Waals surface area contributed by atoms with Crippen LogP contribution >= 0.6 is 0 Å². The number of hydrogen-bond acceptors (Lipinski definition) is 6. The normalized spacial score (nSPS) is 13.1. The summed E-state index contributed by atoms with van der Waals surface area (Å²) in [5, 5.41) is 0. The molecule has 0 aliphatic carbocycles. The molecule has 0 bridgehead atoms. The lowest BCUT2D eigenvalue weighted by molar-refractivity contribution is -0.167. The van der Waals surface area contributed by atoms with E-state index in [0.717, 1.165) is 141 Å². The Balaban J connectivity index is 4.36. The predicted octanol–water partition coefficient (Wildman–Crippen LogP) is 21.9. The molecule has 6 nitrogen and oxygen atoms in total. The summed E-state index contributed by atoms with van der Waals surface area (Å²) in [4.78, 5) is 38.2. The number of carbonyl (C=O) groups excluding carboxylic acids is 3. The van der Waals surface area contributed by atoms with Crippen molar-refractivity contribution in [3.63, 3.8) is 0 Å². The Kier molecular flexibility index (Phi) is 60.9. The van der Waals surface area contributed by atoms with E-state index in [-0.39, 0.29) is 31.1 Å². The fourth-order valence-corrected chi connectivity index (χ4v) is 8.27.